The van der Waals surface area contributed by atoms with E-state index in [1.54, 1.807) is 15.9 Å². The van der Waals surface area contributed by atoms with Crippen LogP contribution in [0.1, 0.15) is 43.0 Å². The fraction of sp³-hybridized carbons (Fsp3) is 0.600. The van der Waals surface area contributed by atoms with Crippen molar-refractivity contribution in [2.24, 2.45) is 7.05 Å². The lowest BCUT2D eigenvalue weighted by Crippen LogP contribution is -2.32. The second kappa shape index (κ2) is 5.76. The number of aryl methyl sites for hydroxylation is 3. The van der Waals surface area contributed by atoms with Gasteiger partial charge in [-0.3, -0.25) is 4.68 Å². The Labute approximate surface area is 137 Å². The Morgan fingerprint density at radius 3 is 2.65 bits per heavy atom. The summed E-state index contributed by atoms with van der Waals surface area (Å²) in [6.45, 7) is 6.86. The van der Waals surface area contributed by atoms with Crippen LogP contribution >= 0.6 is 0 Å². The van der Waals surface area contributed by atoms with Crippen molar-refractivity contribution >= 4 is 10.0 Å². The summed E-state index contributed by atoms with van der Waals surface area (Å²) in [5.41, 5.74) is 1.59. The molecule has 126 valence electrons. The van der Waals surface area contributed by atoms with Gasteiger partial charge in [0.15, 0.2) is 0 Å². The molecule has 0 aliphatic carbocycles. The molecule has 8 heteroatoms. The number of hydrogen-bond donors (Lipinski definition) is 0. The van der Waals surface area contributed by atoms with Crippen LogP contribution in [0.15, 0.2) is 17.3 Å². The number of sulfonamides is 1. The van der Waals surface area contributed by atoms with Gasteiger partial charge in [-0.2, -0.15) is 9.40 Å². The van der Waals surface area contributed by atoms with E-state index in [1.807, 2.05) is 31.7 Å². The normalized spacial score (nSPS) is 19.6. The fourth-order valence-electron chi connectivity index (χ4n) is 3.36. The van der Waals surface area contributed by atoms with E-state index >= 15 is 0 Å². The third kappa shape index (κ3) is 2.59. The molecule has 1 fully saturated rings. The SMILES string of the molecule is CCn1ncc(S(=O)(=O)N2CCC[C@H]2c2nc(C)cn2C)c1C. The molecule has 1 atom stereocenters. The van der Waals surface area contributed by atoms with Gasteiger partial charge in [0, 0.05) is 26.3 Å². The molecule has 0 radical (unpaired) electrons. The van der Waals surface area contributed by atoms with E-state index in [0.29, 0.717) is 23.7 Å². The van der Waals surface area contributed by atoms with Crippen LogP contribution in [-0.4, -0.2) is 38.6 Å². The summed E-state index contributed by atoms with van der Waals surface area (Å²) >= 11 is 0. The first-order valence-corrected chi connectivity index (χ1v) is 9.34. The summed E-state index contributed by atoms with van der Waals surface area (Å²) in [5, 5.41) is 4.18. The highest BCUT2D eigenvalue weighted by Crippen LogP contribution is 2.36. The molecule has 3 heterocycles. The number of aromatic nitrogens is 4. The van der Waals surface area contributed by atoms with Gasteiger partial charge in [0.05, 0.1) is 23.6 Å². The quantitative estimate of drug-likeness (QED) is 0.852. The summed E-state index contributed by atoms with van der Waals surface area (Å²) < 4.78 is 31.5. The summed E-state index contributed by atoms with van der Waals surface area (Å²) in [4.78, 5) is 4.83. The Hall–Kier alpha value is -1.67. The molecular formula is C15H23N5O2S. The molecule has 0 bridgehead atoms. The molecule has 1 aliphatic heterocycles. The van der Waals surface area contributed by atoms with Gasteiger partial charge in [-0.1, -0.05) is 0 Å². The van der Waals surface area contributed by atoms with Gasteiger partial charge in [0.1, 0.15) is 10.7 Å². The number of rotatable bonds is 4. The summed E-state index contributed by atoms with van der Waals surface area (Å²) in [7, 11) is -1.65. The van der Waals surface area contributed by atoms with E-state index in [2.05, 4.69) is 10.1 Å². The van der Waals surface area contributed by atoms with Crippen molar-refractivity contribution in [3.8, 4) is 0 Å². The van der Waals surface area contributed by atoms with Gasteiger partial charge in [-0.05, 0) is 33.6 Å². The van der Waals surface area contributed by atoms with Gasteiger partial charge in [0.25, 0.3) is 0 Å². The second-order valence-corrected chi connectivity index (χ2v) is 7.89. The van der Waals surface area contributed by atoms with E-state index in [0.717, 1.165) is 24.4 Å². The van der Waals surface area contributed by atoms with Crippen molar-refractivity contribution in [3.63, 3.8) is 0 Å². The topological polar surface area (TPSA) is 73.0 Å². The van der Waals surface area contributed by atoms with Gasteiger partial charge < -0.3 is 4.57 Å². The molecule has 7 nitrogen and oxygen atoms in total. The largest absolute Gasteiger partial charge is 0.336 e. The number of hydrogen-bond acceptors (Lipinski definition) is 4. The Morgan fingerprint density at radius 1 is 1.35 bits per heavy atom. The van der Waals surface area contributed by atoms with Crippen molar-refractivity contribution in [1.82, 2.24) is 23.6 Å². The maximum Gasteiger partial charge on any atom is 0.247 e. The highest BCUT2D eigenvalue weighted by atomic mass is 32.2. The molecule has 0 amide bonds. The minimum atomic E-state index is -3.57. The van der Waals surface area contributed by atoms with Gasteiger partial charge in [-0.25, -0.2) is 13.4 Å². The smallest absolute Gasteiger partial charge is 0.247 e. The molecule has 3 rings (SSSR count). The van der Waals surface area contributed by atoms with Crippen LogP contribution in [0.3, 0.4) is 0 Å². The Bertz CT molecular complexity index is 821. The van der Waals surface area contributed by atoms with Crippen LogP contribution in [0.5, 0.6) is 0 Å². The Morgan fingerprint density at radius 2 is 2.09 bits per heavy atom. The predicted octanol–water partition coefficient (Wildman–Crippen LogP) is 1.78. The van der Waals surface area contributed by atoms with Crippen LogP contribution in [0.2, 0.25) is 0 Å². The van der Waals surface area contributed by atoms with Crippen LogP contribution in [0, 0.1) is 13.8 Å². The monoisotopic (exact) mass is 337 g/mol. The van der Waals surface area contributed by atoms with E-state index < -0.39 is 10.0 Å². The van der Waals surface area contributed by atoms with Crippen molar-refractivity contribution < 1.29 is 8.42 Å². The first-order valence-electron chi connectivity index (χ1n) is 7.90. The van der Waals surface area contributed by atoms with Crippen molar-refractivity contribution in [2.45, 2.75) is 51.1 Å². The third-order valence-electron chi connectivity index (χ3n) is 4.48. The number of nitrogens with zero attached hydrogens (tertiary/aromatic N) is 5. The minimum Gasteiger partial charge on any atom is -0.336 e. The maximum atomic E-state index is 13.1. The second-order valence-electron chi connectivity index (χ2n) is 6.04. The van der Waals surface area contributed by atoms with E-state index in [4.69, 9.17) is 0 Å². The summed E-state index contributed by atoms with van der Waals surface area (Å²) in [6, 6.07) is -0.205. The van der Waals surface area contributed by atoms with Gasteiger partial charge in [0.2, 0.25) is 10.0 Å². The maximum absolute atomic E-state index is 13.1. The van der Waals surface area contributed by atoms with Crippen LogP contribution < -0.4 is 0 Å². The number of imidazole rings is 1. The summed E-state index contributed by atoms with van der Waals surface area (Å²) in [5.74, 6) is 0.809. The Kier molecular flexibility index (Phi) is 4.05. The van der Waals surface area contributed by atoms with Crippen LogP contribution in [0.4, 0.5) is 0 Å². The van der Waals surface area contributed by atoms with Gasteiger partial charge in [-0.15, -0.1) is 0 Å². The van der Waals surface area contributed by atoms with Crippen LogP contribution in [-0.2, 0) is 23.6 Å². The van der Waals surface area contributed by atoms with E-state index in [1.165, 1.54) is 6.20 Å². The predicted molar refractivity (Wildman–Crippen MR) is 86.4 cm³/mol. The lowest BCUT2D eigenvalue weighted by molar-refractivity contribution is 0.377. The first kappa shape index (κ1) is 16.2. The minimum absolute atomic E-state index is 0.205. The fourth-order valence-corrected chi connectivity index (χ4v) is 5.17. The lowest BCUT2D eigenvalue weighted by Gasteiger charge is -2.23. The molecule has 2 aromatic heterocycles. The highest BCUT2D eigenvalue weighted by Gasteiger charge is 2.39. The van der Waals surface area contributed by atoms with Crippen molar-refractivity contribution in [1.29, 1.82) is 0 Å². The molecular weight excluding hydrogens is 314 g/mol. The molecule has 1 aliphatic rings. The van der Waals surface area contributed by atoms with E-state index in [9.17, 15) is 8.42 Å². The molecule has 1 saturated heterocycles. The molecule has 0 N–H and O–H groups in total. The summed E-state index contributed by atoms with van der Waals surface area (Å²) in [6.07, 6.45) is 5.04. The average molecular weight is 337 g/mol. The van der Waals surface area contributed by atoms with Gasteiger partial charge >= 0.3 is 0 Å². The lowest BCUT2D eigenvalue weighted by atomic mass is 10.2. The molecule has 2 aromatic rings. The zero-order valence-corrected chi connectivity index (χ0v) is 14.8. The average Bonchev–Trinajstić information content (AvgIpc) is 3.17. The zero-order chi connectivity index (χ0) is 16.8. The van der Waals surface area contributed by atoms with Crippen molar-refractivity contribution in [2.75, 3.05) is 6.54 Å². The van der Waals surface area contributed by atoms with Crippen molar-refractivity contribution in [3.05, 3.63) is 29.6 Å². The first-order chi connectivity index (χ1) is 10.9. The van der Waals surface area contributed by atoms with Crippen LogP contribution in [0.25, 0.3) is 0 Å². The standard InChI is InChI=1S/C15H23N5O2S/c1-5-19-12(3)14(9-16-19)23(21,22)20-8-6-7-13(20)15-17-11(2)10-18(15)4/h9-10,13H,5-8H2,1-4H3/t13-/m0/s1. The zero-order valence-electron chi connectivity index (χ0n) is 14.0. The molecule has 0 spiro atoms. The Balaban J connectivity index is 2.01. The molecule has 0 unspecified atom stereocenters. The third-order valence-corrected chi connectivity index (χ3v) is 6.49. The molecule has 23 heavy (non-hydrogen) atoms. The highest BCUT2D eigenvalue weighted by molar-refractivity contribution is 7.89. The molecule has 0 saturated carbocycles. The van der Waals surface area contributed by atoms with E-state index in [-0.39, 0.29) is 6.04 Å². The molecule has 0 aromatic carbocycles.